The van der Waals surface area contributed by atoms with Crippen LogP contribution in [0.1, 0.15) is 12.8 Å². The summed E-state index contributed by atoms with van der Waals surface area (Å²) in [6.45, 7) is 1.76. The molecular formula is C11H14N4O. The second-order valence-electron chi connectivity index (χ2n) is 4.21. The largest absolute Gasteiger partial charge is 0.327 e. The zero-order chi connectivity index (χ0) is 11.0. The van der Waals surface area contributed by atoms with Crippen LogP contribution in [-0.4, -0.2) is 27.1 Å². The number of H-pyrrole nitrogens is 1. The first-order valence-corrected chi connectivity index (χ1v) is 5.61. The Morgan fingerprint density at radius 2 is 2.50 bits per heavy atom. The third kappa shape index (κ3) is 1.53. The average Bonchev–Trinajstić information content (AvgIpc) is 2.89. The van der Waals surface area contributed by atoms with Crippen molar-refractivity contribution in [2.75, 3.05) is 6.54 Å². The lowest BCUT2D eigenvalue weighted by atomic mass is 10.2. The van der Waals surface area contributed by atoms with Gasteiger partial charge in [-0.3, -0.25) is 4.57 Å². The van der Waals surface area contributed by atoms with E-state index in [2.05, 4.69) is 15.3 Å². The van der Waals surface area contributed by atoms with Gasteiger partial charge in [-0.25, -0.2) is 9.78 Å². The molecule has 3 heterocycles. The summed E-state index contributed by atoms with van der Waals surface area (Å²) < 4.78 is 1.72. The molecule has 0 saturated carbocycles. The zero-order valence-corrected chi connectivity index (χ0v) is 8.94. The number of pyridine rings is 1. The highest BCUT2D eigenvalue weighted by molar-refractivity contribution is 5.69. The third-order valence-electron chi connectivity index (χ3n) is 3.09. The fraction of sp³-hybridized carbons (Fsp3) is 0.455. The number of fused-ring (bicyclic) bond motifs is 1. The van der Waals surface area contributed by atoms with Gasteiger partial charge in [0.2, 0.25) is 0 Å². The van der Waals surface area contributed by atoms with E-state index >= 15 is 0 Å². The minimum Gasteiger partial charge on any atom is -0.312 e. The highest BCUT2D eigenvalue weighted by Gasteiger charge is 2.17. The second kappa shape index (κ2) is 3.75. The number of rotatable bonds is 2. The molecule has 1 aliphatic rings. The van der Waals surface area contributed by atoms with Gasteiger partial charge in [0.1, 0.15) is 0 Å². The summed E-state index contributed by atoms with van der Waals surface area (Å²) >= 11 is 0. The third-order valence-corrected chi connectivity index (χ3v) is 3.09. The topological polar surface area (TPSA) is 62.7 Å². The van der Waals surface area contributed by atoms with Crippen molar-refractivity contribution in [3.05, 3.63) is 28.8 Å². The Morgan fingerprint density at radius 3 is 3.31 bits per heavy atom. The van der Waals surface area contributed by atoms with Gasteiger partial charge in [0.25, 0.3) is 0 Å². The van der Waals surface area contributed by atoms with E-state index in [0.717, 1.165) is 24.1 Å². The van der Waals surface area contributed by atoms with E-state index in [1.807, 2.05) is 12.1 Å². The standard InChI is InChI=1S/C11H14N4O/c16-11-14-9-4-2-6-13-10(9)15(11)7-8-3-1-5-12-8/h2,4,6,8,12H,1,3,5,7H2,(H,14,16). The van der Waals surface area contributed by atoms with Crippen molar-refractivity contribution in [1.29, 1.82) is 0 Å². The van der Waals surface area contributed by atoms with Crippen LogP contribution in [0.4, 0.5) is 0 Å². The Labute approximate surface area is 92.5 Å². The van der Waals surface area contributed by atoms with Crippen LogP contribution in [-0.2, 0) is 6.54 Å². The van der Waals surface area contributed by atoms with E-state index in [1.165, 1.54) is 6.42 Å². The van der Waals surface area contributed by atoms with Crippen molar-refractivity contribution in [3.63, 3.8) is 0 Å². The molecule has 0 aliphatic carbocycles. The molecular weight excluding hydrogens is 204 g/mol. The fourth-order valence-corrected chi connectivity index (χ4v) is 2.29. The molecule has 2 aromatic rings. The summed E-state index contributed by atoms with van der Waals surface area (Å²) in [4.78, 5) is 18.8. The van der Waals surface area contributed by atoms with E-state index in [1.54, 1.807) is 10.8 Å². The molecule has 5 heteroatoms. The number of nitrogens with one attached hydrogen (secondary N) is 2. The highest BCUT2D eigenvalue weighted by atomic mass is 16.1. The quantitative estimate of drug-likeness (QED) is 0.770. The van der Waals surface area contributed by atoms with Gasteiger partial charge in [-0.15, -0.1) is 0 Å². The molecule has 0 amide bonds. The summed E-state index contributed by atoms with van der Waals surface area (Å²) in [6.07, 6.45) is 4.04. The van der Waals surface area contributed by atoms with Crippen LogP contribution in [0.2, 0.25) is 0 Å². The van der Waals surface area contributed by atoms with E-state index in [0.29, 0.717) is 12.6 Å². The van der Waals surface area contributed by atoms with Crippen LogP contribution >= 0.6 is 0 Å². The first-order chi connectivity index (χ1) is 7.84. The maximum Gasteiger partial charge on any atom is 0.327 e. The maximum absolute atomic E-state index is 11.8. The van der Waals surface area contributed by atoms with Gasteiger partial charge in [0.05, 0.1) is 5.52 Å². The molecule has 0 spiro atoms. The van der Waals surface area contributed by atoms with Gasteiger partial charge < -0.3 is 10.3 Å². The van der Waals surface area contributed by atoms with Gasteiger partial charge in [-0.2, -0.15) is 0 Å². The van der Waals surface area contributed by atoms with Crippen LogP contribution in [0.5, 0.6) is 0 Å². The molecule has 1 aliphatic heterocycles. The molecule has 1 fully saturated rings. The van der Waals surface area contributed by atoms with Crippen LogP contribution < -0.4 is 11.0 Å². The number of hydrogen-bond acceptors (Lipinski definition) is 3. The maximum atomic E-state index is 11.8. The Balaban J connectivity index is 2.01. The van der Waals surface area contributed by atoms with E-state index in [4.69, 9.17) is 0 Å². The lowest BCUT2D eigenvalue weighted by Gasteiger charge is -2.10. The minimum atomic E-state index is -0.0672. The molecule has 2 aromatic heterocycles. The molecule has 1 saturated heterocycles. The summed E-state index contributed by atoms with van der Waals surface area (Å²) in [5, 5.41) is 3.39. The van der Waals surface area contributed by atoms with Crippen LogP contribution in [0.15, 0.2) is 23.1 Å². The van der Waals surface area contributed by atoms with Crippen molar-refractivity contribution >= 4 is 11.2 Å². The molecule has 1 atom stereocenters. The average molecular weight is 218 g/mol. The molecule has 1 unspecified atom stereocenters. The van der Waals surface area contributed by atoms with Crippen molar-refractivity contribution in [1.82, 2.24) is 19.9 Å². The van der Waals surface area contributed by atoms with Gasteiger partial charge in [0, 0.05) is 18.8 Å². The second-order valence-corrected chi connectivity index (χ2v) is 4.21. The molecule has 5 nitrogen and oxygen atoms in total. The molecule has 0 radical (unpaired) electrons. The predicted octanol–water partition coefficient (Wildman–Crippen LogP) is 0.477. The van der Waals surface area contributed by atoms with Gasteiger partial charge in [0.15, 0.2) is 5.65 Å². The lowest BCUT2D eigenvalue weighted by Crippen LogP contribution is -2.31. The SMILES string of the molecule is O=c1[nH]c2cccnc2n1CC1CCCN1. The summed E-state index contributed by atoms with van der Waals surface area (Å²) in [7, 11) is 0. The van der Waals surface area contributed by atoms with E-state index in [-0.39, 0.29) is 5.69 Å². The normalized spacial score (nSPS) is 20.6. The van der Waals surface area contributed by atoms with Crippen molar-refractivity contribution in [2.24, 2.45) is 0 Å². The molecule has 0 bridgehead atoms. The van der Waals surface area contributed by atoms with Gasteiger partial charge in [-0.05, 0) is 31.5 Å². The Kier molecular flexibility index (Phi) is 2.25. The highest BCUT2D eigenvalue weighted by Crippen LogP contribution is 2.10. The number of aromatic amines is 1. The van der Waals surface area contributed by atoms with E-state index < -0.39 is 0 Å². The van der Waals surface area contributed by atoms with Crippen molar-refractivity contribution in [2.45, 2.75) is 25.4 Å². The van der Waals surface area contributed by atoms with Crippen LogP contribution in [0, 0.1) is 0 Å². The lowest BCUT2D eigenvalue weighted by molar-refractivity contribution is 0.507. The number of nitrogens with zero attached hydrogens (tertiary/aromatic N) is 2. The van der Waals surface area contributed by atoms with Crippen LogP contribution in [0.3, 0.4) is 0 Å². The Hall–Kier alpha value is -1.62. The fourth-order valence-electron chi connectivity index (χ4n) is 2.29. The summed E-state index contributed by atoms with van der Waals surface area (Å²) in [5.41, 5.74) is 1.49. The predicted molar refractivity (Wildman–Crippen MR) is 61.4 cm³/mol. The van der Waals surface area contributed by atoms with Crippen LogP contribution in [0.25, 0.3) is 11.2 Å². The van der Waals surface area contributed by atoms with Crippen molar-refractivity contribution in [3.8, 4) is 0 Å². The first-order valence-electron chi connectivity index (χ1n) is 5.61. The molecule has 3 rings (SSSR count). The molecule has 0 aromatic carbocycles. The molecule has 84 valence electrons. The first kappa shape index (κ1) is 9.59. The smallest absolute Gasteiger partial charge is 0.312 e. The van der Waals surface area contributed by atoms with Gasteiger partial charge in [-0.1, -0.05) is 0 Å². The molecule has 2 N–H and O–H groups in total. The zero-order valence-electron chi connectivity index (χ0n) is 8.94. The summed E-state index contributed by atoms with van der Waals surface area (Å²) in [6, 6.07) is 4.11. The van der Waals surface area contributed by atoms with Gasteiger partial charge >= 0.3 is 5.69 Å². The number of aromatic nitrogens is 3. The number of hydrogen-bond donors (Lipinski definition) is 2. The Morgan fingerprint density at radius 1 is 1.56 bits per heavy atom. The number of imidazole rings is 1. The molecule has 16 heavy (non-hydrogen) atoms. The monoisotopic (exact) mass is 218 g/mol. The minimum absolute atomic E-state index is 0.0672. The summed E-state index contributed by atoms with van der Waals surface area (Å²) in [5.74, 6) is 0. The van der Waals surface area contributed by atoms with Crippen molar-refractivity contribution < 1.29 is 0 Å². The Bertz CT molecular complexity index is 550. The van der Waals surface area contributed by atoms with E-state index in [9.17, 15) is 4.79 Å².